The van der Waals surface area contributed by atoms with Crippen LogP contribution < -0.4 is 4.90 Å². The first-order valence-corrected chi connectivity index (χ1v) is 12.0. The van der Waals surface area contributed by atoms with Crippen molar-refractivity contribution < 1.29 is 26.4 Å². The summed E-state index contributed by atoms with van der Waals surface area (Å²) in [5.74, 6) is -0.656. The van der Waals surface area contributed by atoms with Crippen LogP contribution in [0.5, 0.6) is 0 Å². The molecule has 2 aromatic carbocycles. The Morgan fingerprint density at radius 1 is 1.06 bits per heavy atom. The van der Waals surface area contributed by atoms with Crippen LogP contribution >= 0.6 is 0 Å². The molecule has 1 amide bonds. The molecule has 0 bridgehead atoms. The normalized spacial score (nSPS) is 21.1. The smallest absolute Gasteiger partial charge is 0.354 e. The minimum Gasteiger partial charge on any atom is -0.354 e. The molecule has 1 atom stereocenters. The number of fused-ring (bicyclic) bond motifs is 2. The maximum absolute atomic E-state index is 13.4. The average Bonchev–Trinajstić information content (AvgIpc) is 3.14. The highest BCUT2D eigenvalue weighted by molar-refractivity contribution is 7.91. The molecule has 2 aromatic rings. The zero-order valence-corrected chi connectivity index (χ0v) is 18.7. The molecular formula is C23H19F3N4O3S. The number of hydrogen-bond donors (Lipinski definition) is 0. The lowest BCUT2D eigenvalue weighted by atomic mass is 10.1. The molecule has 0 saturated heterocycles. The van der Waals surface area contributed by atoms with Gasteiger partial charge in [0.25, 0.3) is 5.91 Å². The van der Waals surface area contributed by atoms with Crippen LogP contribution in [0.15, 0.2) is 76.5 Å². The second kappa shape index (κ2) is 7.73. The van der Waals surface area contributed by atoms with Gasteiger partial charge in [-0.05, 0) is 29.8 Å². The molecule has 0 aromatic heterocycles. The van der Waals surface area contributed by atoms with Crippen molar-refractivity contribution in [1.29, 1.82) is 0 Å². The zero-order chi connectivity index (χ0) is 24.3. The Balaban J connectivity index is 1.46. The van der Waals surface area contributed by atoms with Crippen LogP contribution in [0.2, 0.25) is 0 Å². The highest BCUT2D eigenvalue weighted by Crippen LogP contribution is 2.36. The van der Waals surface area contributed by atoms with Crippen LogP contribution in [0.25, 0.3) is 5.70 Å². The van der Waals surface area contributed by atoms with E-state index in [9.17, 15) is 26.4 Å². The molecule has 7 nitrogen and oxygen atoms in total. The summed E-state index contributed by atoms with van der Waals surface area (Å²) in [6.45, 7) is -0.00400. The van der Waals surface area contributed by atoms with E-state index in [0.717, 1.165) is 12.1 Å². The van der Waals surface area contributed by atoms with Crippen molar-refractivity contribution in [3.8, 4) is 0 Å². The van der Waals surface area contributed by atoms with Crippen LogP contribution in [0.1, 0.15) is 11.1 Å². The van der Waals surface area contributed by atoms with Crippen molar-refractivity contribution in [3.63, 3.8) is 0 Å². The molecule has 11 heteroatoms. The van der Waals surface area contributed by atoms with Crippen LogP contribution in [-0.4, -0.2) is 55.9 Å². The maximum Gasteiger partial charge on any atom is 0.416 e. The fourth-order valence-electron chi connectivity index (χ4n) is 4.21. The summed E-state index contributed by atoms with van der Waals surface area (Å²) < 4.78 is 63.7. The van der Waals surface area contributed by atoms with Crippen molar-refractivity contribution in [2.45, 2.75) is 17.2 Å². The minimum atomic E-state index is -4.43. The molecule has 0 aliphatic carbocycles. The summed E-state index contributed by atoms with van der Waals surface area (Å²) in [4.78, 5) is 22.7. The lowest BCUT2D eigenvalue weighted by molar-refractivity contribution is -0.137. The predicted octanol–water partition coefficient (Wildman–Crippen LogP) is 3.32. The number of aliphatic imine (C=N–C) groups is 1. The number of alkyl halides is 3. The lowest BCUT2D eigenvalue weighted by Gasteiger charge is -2.33. The molecule has 3 aliphatic rings. The molecule has 0 radical (unpaired) electrons. The second-order valence-corrected chi connectivity index (χ2v) is 10.2. The molecule has 5 rings (SSSR count). The number of nitrogens with zero attached hydrogens (tertiary/aromatic N) is 4. The number of halogens is 3. The minimum absolute atomic E-state index is 0.00400. The first-order chi connectivity index (χ1) is 16.1. The lowest BCUT2D eigenvalue weighted by Crippen LogP contribution is -2.43. The standard InChI is InChI=1S/C23H19F3N4O3S/c1-28-14-19(15-6-8-16(9-7-15)23(24,25)26)30-13-17(27-12-21(28)30)22(31)29-10-11-34(32,33)20-5-3-2-4-18(20)29/h2-9,12-14,21H,10-11H2,1H3. The van der Waals surface area contributed by atoms with Gasteiger partial charge in [-0.2, -0.15) is 13.2 Å². The van der Waals surface area contributed by atoms with Gasteiger partial charge in [0.15, 0.2) is 9.84 Å². The Bertz CT molecular complexity index is 1360. The number of amides is 1. The highest BCUT2D eigenvalue weighted by Gasteiger charge is 2.37. The third-order valence-corrected chi connectivity index (χ3v) is 7.70. The van der Waals surface area contributed by atoms with Gasteiger partial charge in [0.1, 0.15) is 11.9 Å². The summed E-state index contributed by atoms with van der Waals surface area (Å²) in [6, 6.07) is 11.1. The fraction of sp³-hybridized carbons (Fsp3) is 0.217. The van der Waals surface area contributed by atoms with Gasteiger partial charge in [-0.15, -0.1) is 0 Å². The van der Waals surface area contributed by atoms with E-state index in [4.69, 9.17) is 0 Å². The Kier molecular flexibility index (Phi) is 5.05. The summed E-state index contributed by atoms with van der Waals surface area (Å²) in [5, 5.41) is 0. The Hall–Kier alpha value is -3.60. The third kappa shape index (κ3) is 3.65. The first kappa shape index (κ1) is 22.2. The fourth-order valence-corrected chi connectivity index (χ4v) is 5.63. The van der Waals surface area contributed by atoms with E-state index in [-0.39, 0.29) is 29.1 Å². The van der Waals surface area contributed by atoms with E-state index in [2.05, 4.69) is 4.99 Å². The summed E-state index contributed by atoms with van der Waals surface area (Å²) in [5.41, 5.74) is 0.812. The molecular weight excluding hydrogens is 469 g/mol. The molecule has 0 spiro atoms. The van der Waals surface area contributed by atoms with Crippen molar-refractivity contribution in [2.24, 2.45) is 4.99 Å². The Morgan fingerprint density at radius 3 is 2.47 bits per heavy atom. The van der Waals surface area contributed by atoms with E-state index >= 15 is 0 Å². The number of sulfone groups is 1. The number of hydrogen-bond acceptors (Lipinski definition) is 6. The average molecular weight is 488 g/mol. The van der Waals surface area contributed by atoms with Crippen molar-refractivity contribution in [1.82, 2.24) is 9.80 Å². The number of para-hydroxylation sites is 1. The molecule has 1 unspecified atom stereocenters. The Morgan fingerprint density at radius 2 is 1.76 bits per heavy atom. The number of carbonyl (C=O) groups is 1. The van der Waals surface area contributed by atoms with E-state index in [1.807, 2.05) is 4.90 Å². The molecule has 3 heterocycles. The van der Waals surface area contributed by atoms with Crippen LogP contribution in [0, 0.1) is 0 Å². The predicted molar refractivity (Wildman–Crippen MR) is 120 cm³/mol. The quantitative estimate of drug-likeness (QED) is 0.649. The topological polar surface area (TPSA) is 73.3 Å². The van der Waals surface area contributed by atoms with Crippen molar-refractivity contribution in [2.75, 3.05) is 24.2 Å². The van der Waals surface area contributed by atoms with Crippen LogP contribution in [0.3, 0.4) is 0 Å². The zero-order valence-electron chi connectivity index (χ0n) is 17.9. The van der Waals surface area contributed by atoms with Gasteiger partial charge in [-0.25, -0.2) is 13.4 Å². The summed E-state index contributed by atoms with van der Waals surface area (Å²) in [6.07, 6.45) is 0.116. The van der Waals surface area contributed by atoms with E-state index in [1.165, 1.54) is 23.1 Å². The van der Waals surface area contributed by atoms with E-state index in [0.29, 0.717) is 16.9 Å². The maximum atomic E-state index is 13.4. The summed E-state index contributed by atoms with van der Waals surface area (Å²) >= 11 is 0. The molecule has 0 N–H and O–H groups in total. The molecule has 34 heavy (non-hydrogen) atoms. The van der Waals surface area contributed by atoms with Crippen molar-refractivity contribution in [3.05, 3.63) is 77.8 Å². The van der Waals surface area contributed by atoms with Gasteiger partial charge >= 0.3 is 6.18 Å². The molecule has 0 saturated carbocycles. The largest absolute Gasteiger partial charge is 0.416 e. The second-order valence-electron chi connectivity index (χ2n) is 8.11. The molecule has 176 valence electrons. The first-order valence-electron chi connectivity index (χ1n) is 10.4. The third-order valence-electron chi connectivity index (χ3n) is 5.96. The number of benzene rings is 2. The number of rotatable bonds is 2. The molecule has 0 fully saturated rings. The van der Waals surface area contributed by atoms with Crippen LogP contribution in [-0.2, 0) is 20.8 Å². The highest BCUT2D eigenvalue weighted by atomic mass is 32.2. The number of anilines is 1. The van der Waals surface area contributed by atoms with E-state index < -0.39 is 27.5 Å². The van der Waals surface area contributed by atoms with Crippen molar-refractivity contribution >= 4 is 33.3 Å². The van der Waals surface area contributed by atoms with E-state index in [1.54, 1.807) is 48.8 Å². The summed E-state index contributed by atoms with van der Waals surface area (Å²) in [7, 11) is -1.68. The number of carbonyl (C=O) groups excluding carboxylic acids is 1. The SMILES string of the molecule is CN1C=C(c2ccc(C(F)(F)F)cc2)N2C=C(C(=O)N3CCS(=O)(=O)c4ccccc43)N=CC12. The molecule has 3 aliphatic heterocycles. The van der Waals surface area contributed by atoms with Gasteiger partial charge in [-0.1, -0.05) is 24.3 Å². The van der Waals surface area contributed by atoms with Gasteiger partial charge in [-0.3, -0.25) is 4.79 Å². The monoisotopic (exact) mass is 488 g/mol. The van der Waals surface area contributed by atoms with Crippen LogP contribution in [0.4, 0.5) is 18.9 Å². The van der Waals surface area contributed by atoms with Gasteiger partial charge in [0.05, 0.1) is 27.6 Å². The van der Waals surface area contributed by atoms with Gasteiger partial charge in [0.2, 0.25) is 0 Å². The van der Waals surface area contributed by atoms with Gasteiger partial charge < -0.3 is 14.7 Å². The Labute approximate surface area is 194 Å². The van der Waals surface area contributed by atoms with Gasteiger partial charge in [0, 0.05) is 32.2 Å².